The van der Waals surface area contributed by atoms with Crippen molar-refractivity contribution < 1.29 is 17.9 Å². The normalized spacial score (nSPS) is 25.6. The molecule has 0 amide bonds. The van der Waals surface area contributed by atoms with E-state index in [0.29, 0.717) is 18.7 Å². The van der Waals surface area contributed by atoms with E-state index in [1.165, 1.54) is 6.26 Å². The Balaban J connectivity index is 1.82. The van der Waals surface area contributed by atoms with Crippen molar-refractivity contribution in [2.75, 3.05) is 18.1 Å². The number of furan rings is 1. The Bertz CT molecular complexity index is 440. The van der Waals surface area contributed by atoms with Crippen LogP contribution in [0.5, 0.6) is 0 Å². The first-order chi connectivity index (χ1) is 8.07. The van der Waals surface area contributed by atoms with Gasteiger partial charge in [0, 0.05) is 12.6 Å². The maximum absolute atomic E-state index is 11.4. The molecule has 0 aliphatic carbocycles. The topological polar surface area (TPSA) is 79.5 Å². The molecule has 2 rings (SSSR count). The molecule has 0 aromatic carbocycles. The van der Waals surface area contributed by atoms with Crippen LogP contribution in [0.3, 0.4) is 0 Å². The SMILES string of the molecule is O=S1(=O)CCCC(NCC(O)c2ccco2)C1. The monoisotopic (exact) mass is 259 g/mol. The Labute approximate surface area is 101 Å². The third-order valence-electron chi connectivity index (χ3n) is 2.93. The fourth-order valence-electron chi connectivity index (χ4n) is 2.04. The first kappa shape index (κ1) is 12.6. The van der Waals surface area contributed by atoms with Gasteiger partial charge in [-0.3, -0.25) is 0 Å². The number of rotatable bonds is 4. The van der Waals surface area contributed by atoms with E-state index in [2.05, 4.69) is 5.32 Å². The van der Waals surface area contributed by atoms with Crippen molar-refractivity contribution in [2.24, 2.45) is 0 Å². The Kier molecular flexibility index (Phi) is 3.86. The van der Waals surface area contributed by atoms with Gasteiger partial charge in [0.05, 0.1) is 17.8 Å². The number of sulfone groups is 1. The minimum Gasteiger partial charge on any atom is -0.467 e. The van der Waals surface area contributed by atoms with Crippen molar-refractivity contribution in [3.63, 3.8) is 0 Å². The molecular formula is C11H17NO4S. The largest absolute Gasteiger partial charge is 0.467 e. The summed E-state index contributed by atoms with van der Waals surface area (Å²) in [7, 11) is -2.90. The van der Waals surface area contributed by atoms with E-state index < -0.39 is 15.9 Å². The number of hydrogen-bond donors (Lipinski definition) is 2. The highest BCUT2D eigenvalue weighted by molar-refractivity contribution is 7.91. The van der Waals surface area contributed by atoms with Gasteiger partial charge in [0.2, 0.25) is 0 Å². The summed E-state index contributed by atoms with van der Waals surface area (Å²) in [5.74, 6) is 0.945. The minimum absolute atomic E-state index is 0.0571. The van der Waals surface area contributed by atoms with Gasteiger partial charge >= 0.3 is 0 Å². The summed E-state index contributed by atoms with van der Waals surface area (Å²) in [5.41, 5.74) is 0. The molecule has 96 valence electrons. The molecule has 1 aromatic heterocycles. The van der Waals surface area contributed by atoms with Crippen LogP contribution in [-0.4, -0.2) is 37.6 Å². The Morgan fingerprint density at radius 3 is 3.06 bits per heavy atom. The fourth-order valence-corrected chi connectivity index (χ4v) is 3.71. The summed E-state index contributed by atoms with van der Waals surface area (Å²) in [6.45, 7) is 0.313. The van der Waals surface area contributed by atoms with Gasteiger partial charge in [0.15, 0.2) is 9.84 Å². The predicted octanol–water partition coefficient (Wildman–Crippen LogP) is 0.480. The molecule has 1 fully saturated rings. The predicted molar refractivity (Wildman–Crippen MR) is 63.3 cm³/mol. The van der Waals surface area contributed by atoms with Gasteiger partial charge in [-0.25, -0.2) is 8.42 Å². The van der Waals surface area contributed by atoms with Crippen molar-refractivity contribution in [3.8, 4) is 0 Å². The molecular weight excluding hydrogens is 242 g/mol. The molecule has 17 heavy (non-hydrogen) atoms. The zero-order valence-electron chi connectivity index (χ0n) is 9.50. The van der Waals surface area contributed by atoms with Crippen molar-refractivity contribution in [2.45, 2.75) is 25.0 Å². The molecule has 2 heterocycles. The van der Waals surface area contributed by atoms with Crippen LogP contribution in [0.1, 0.15) is 24.7 Å². The summed E-state index contributed by atoms with van der Waals surface area (Å²) in [6, 6.07) is 3.35. The highest BCUT2D eigenvalue weighted by Crippen LogP contribution is 2.15. The molecule has 1 aliphatic heterocycles. The molecule has 0 saturated carbocycles. The van der Waals surface area contributed by atoms with Gasteiger partial charge in [-0.1, -0.05) is 0 Å². The minimum atomic E-state index is -2.90. The third-order valence-corrected chi connectivity index (χ3v) is 4.76. The summed E-state index contributed by atoms with van der Waals surface area (Å²) in [6.07, 6.45) is 2.31. The summed E-state index contributed by atoms with van der Waals surface area (Å²) in [4.78, 5) is 0. The number of aliphatic hydroxyl groups excluding tert-OH is 1. The van der Waals surface area contributed by atoms with Crippen LogP contribution in [0, 0.1) is 0 Å². The number of aliphatic hydroxyl groups is 1. The lowest BCUT2D eigenvalue weighted by molar-refractivity contribution is 0.143. The van der Waals surface area contributed by atoms with E-state index >= 15 is 0 Å². The molecule has 2 N–H and O–H groups in total. The Morgan fingerprint density at radius 1 is 1.59 bits per heavy atom. The molecule has 0 radical (unpaired) electrons. The van der Waals surface area contributed by atoms with E-state index in [-0.39, 0.29) is 17.5 Å². The van der Waals surface area contributed by atoms with Crippen LogP contribution >= 0.6 is 0 Å². The van der Waals surface area contributed by atoms with Crippen LogP contribution < -0.4 is 5.32 Å². The van der Waals surface area contributed by atoms with Crippen molar-refractivity contribution in [1.82, 2.24) is 5.32 Å². The standard InChI is InChI=1S/C11H17NO4S/c13-10(11-4-1-5-16-11)7-12-9-3-2-6-17(14,15)8-9/h1,4-5,9-10,12-13H,2-3,6-8H2. The molecule has 6 heteroatoms. The van der Waals surface area contributed by atoms with Gasteiger partial charge in [-0.2, -0.15) is 0 Å². The molecule has 5 nitrogen and oxygen atoms in total. The van der Waals surface area contributed by atoms with Crippen LogP contribution in [0.4, 0.5) is 0 Å². The van der Waals surface area contributed by atoms with Gasteiger partial charge in [-0.05, 0) is 25.0 Å². The van der Waals surface area contributed by atoms with Crippen LogP contribution in [-0.2, 0) is 9.84 Å². The van der Waals surface area contributed by atoms with Gasteiger partial charge in [0.25, 0.3) is 0 Å². The molecule has 2 unspecified atom stereocenters. The zero-order valence-corrected chi connectivity index (χ0v) is 10.3. The summed E-state index contributed by atoms with van der Waals surface area (Å²) < 4.78 is 27.9. The van der Waals surface area contributed by atoms with Crippen LogP contribution in [0.15, 0.2) is 22.8 Å². The average molecular weight is 259 g/mol. The first-order valence-electron chi connectivity index (χ1n) is 5.72. The van der Waals surface area contributed by atoms with Gasteiger partial charge < -0.3 is 14.8 Å². The van der Waals surface area contributed by atoms with Crippen molar-refractivity contribution in [1.29, 1.82) is 0 Å². The zero-order chi connectivity index (χ0) is 12.3. The smallest absolute Gasteiger partial charge is 0.151 e. The van der Waals surface area contributed by atoms with Crippen LogP contribution in [0.25, 0.3) is 0 Å². The van der Waals surface area contributed by atoms with E-state index in [4.69, 9.17) is 4.42 Å². The molecule has 1 saturated heterocycles. The first-order valence-corrected chi connectivity index (χ1v) is 7.54. The lowest BCUT2D eigenvalue weighted by atomic mass is 10.1. The summed E-state index contributed by atoms with van der Waals surface area (Å²) in [5, 5.41) is 12.8. The second-order valence-electron chi connectivity index (χ2n) is 4.39. The fraction of sp³-hybridized carbons (Fsp3) is 0.636. The quantitative estimate of drug-likeness (QED) is 0.822. The molecule has 0 spiro atoms. The van der Waals surface area contributed by atoms with E-state index in [1.54, 1.807) is 12.1 Å². The number of hydrogen-bond acceptors (Lipinski definition) is 5. The lowest BCUT2D eigenvalue weighted by Gasteiger charge is -2.23. The molecule has 1 aromatic rings. The molecule has 1 aliphatic rings. The van der Waals surface area contributed by atoms with Gasteiger partial charge in [-0.15, -0.1) is 0 Å². The molecule has 2 atom stereocenters. The number of nitrogens with one attached hydrogen (secondary N) is 1. The third kappa shape index (κ3) is 3.55. The van der Waals surface area contributed by atoms with Gasteiger partial charge in [0.1, 0.15) is 11.9 Å². The Morgan fingerprint density at radius 2 is 2.41 bits per heavy atom. The maximum atomic E-state index is 11.4. The summed E-state index contributed by atoms with van der Waals surface area (Å²) >= 11 is 0. The highest BCUT2D eigenvalue weighted by atomic mass is 32.2. The van der Waals surface area contributed by atoms with E-state index in [9.17, 15) is 13.5 Å². The second-order valence-corrected chi connectivity index (χ2v) is 6.62. The van der Waals surface area contributed by atoms with Crippen LogP contribution in [0.2, 0.25) is 0 Å². The Hall–Kier alpha value is -0.850. The average Bonchev–Trinajstić information content (AvgIpc) is 2.78. The lowest BCUT2D eigenvalue weighted by Crippen LogP contribution is -2.41. The molecule has 0 bridgehead atoms. The van der Waals surface area contributed by atoms with E-state index in [0.717, 1.165) is 6.42 Å². The van der Waals surface area contributed by atoms with Crippen molar-refractivity contribution >= 4 is 9.84 Å². The second kappa shape index (κ2) is 5.20. The maximum Gasteiger partial charge on any atom is 0.151 e. The van der Waals surface area contributed by atoms with E-state index in [1.807, 2.05) is 0 Å². The highest BCUT2D eigenvalue weighted by Gasteiger charge is 2.25. The van der Waals surface area contributed by atoms with Crippen molar-refractivity contribution in [3.05, 3.63) is 24.2 Å².